The van der Waals surface area contributed by atoms with Crippen LogP contribution in [0.25, 0.3) is 0 Å². The second kappa shape index (κ2) is 4.20. The van der Waals surface area contributed by atoms with E-state index in [0.717, 1.165) is 12.5 Å². The topological polar surface area (TPSA) is 19.7 Å². The van der Waals surface area contributed by atoms with Crippen LogP contribution in [-0.4, -0.2) is 11.2 Å². The Hall–Kier alpha value is -1.07. The molecule has 0 fully saturated rings. The summed E-state index contributed by atoms with van der Waals surface area (Å²) in [6.07, 6.45) is -1.47. The van der Waals surface area contributed by atoms with Crippen molar-refractivity contribution in [2.75, 3.05) is 0 Å². The summed E-state index contributed by atoms with van der Waals surface area (Å²) in [6, 6.07) is 0. The molecule has 86 valence electrons. The molecule has 0 saturated heterocycles. The molecule has 0 amide bonds. The molecule has 1 unspecified atom stereocenters. The molecule has 1 rings (SSSR count). The standard InChI is InChI=1S/C9H12F4N2/c1-2-3-4-8(10,9(11,12)13)15-6-5-14-7-15/h5-7H,2-4H2,1H3/p+1. The highest BCUT2D eigenvalue weighted by Crippen LogP contribution is 2.37. The van der Waals surface area contributed by atoms with Crippen LogP contribution in [0.5, 0.6) is 0 Å². The number of rotatable bonds is 4. The summed E-state index contributed by atoms with van der Waals surface area (Å²) in [5.74, 6) is -3.30. The van der Waals surface area contributed by atoms with Gasteiger partial charge in [-0.3, -0.25) is 4.98 Å². The minimum atomic E-state index is -4.89. The van der Waals surface area contributed by atoms with Crippen molar-refractivity contribution in [3.63, 3.8) is 0 Å². The third-order valence-electron chi connectivity index (χ3n) is 2.25. The van der Waals surface area contributed by atoms with Crippen LogP contribution >= 0.6 is 0 Å². The van der Waals surface area contributed by atoms with E-state index in [4.69, 9.17) is 0 Å². The van der Waals surface area contributed by atoms with Gasteiger partial charge in [0.1, 0.15) is 12.4 Å². The predicted molar refractivity (Wildman–Crippen MR) is 45.6 cm³/mol. The minimum Gasteiger partial charge on any atom is -0.250 e. The normalized spacial score (nSPS) is 16.3. The number of hydrogen-bond acceptors (Lipinski definition) is 0. The number of nitrogens with one attached hydrogen (secondary N) is 1. The van der Waals surface area contributed by atoms with Crippen LogP contribution in [0.15, 0.2) is 18.7 Å². The molecule has 0 aromatic carbocycles. The first-order valence-corrected chi connectivity index (χ1v) is 4.72. The van der Waals surface area contributed by atoms with E-state index in [1.807, 2.05) is 0 Å². The molecule has 1 N–H and O–H groups in total. The summed E-state index contributed by atoms with van der Waals surface area (Å²) in [4.78, 5) is 2.41. The lowest BCUT2D eigenvalue weighted by molar-refractivity contribution is -0.820. The fourth-order valence-electron chi connectivity index (χ4n) is 1.34. The second-order valence-corrected chi connectivity index (χ2v) is 3.38. The molecule has 1 heterocycles. The molecule has 0 bridgehead atoms. The third kappa shape index (κ3) is 2.30. The summed E-state index contributed by atoms with van der Waals surface area (Å²) < 4.78 is 52.1. The van der Waals surface area contributed by atoms with E-state index in [-0.39, 0.29) is 6.42 Å². The number of hydrogen-bond donors (Lipinski definition) is 1. The van der Waals surface area contributed by atoms with Gasteiger partial charge in [-0.2, -0.15) is 22.1 Å². The van der Waals surface area contributed by atoms with E-state index >= 15 is 0 Å². The molecular formula is C9H13F4N2+. The highest BCUT2D eigenvalue weighted by molar-refractivity contribution is 4.72. The number of aromatic nitrogens is 2. The first kappa shape index (κ1) is 12.0. The van der Waals surface area contributed by atoms with Gasteiger partial charge in [0.05, 0.1) is 0 Å². The first-order valence-electron chi connectivity index (χ1n) is 4.72. The predicted octanol–water partition coefficient (Wildman–Crippen LogP) is 2.68. The number of unbranched alkanes of at least 4 members (excludes halogenated alkanes) is 1. The minimum absolute atomic E-state index is 0.189. The first-order chi connectivity index (χ1) is 6.92. The molecule has 0 aliphatic carbocycles. The van der Waals surface area contributed by atoms with Crippen LogP contribution in [0.1, 0.15) is 26.2 Å². The van der Waals surface area contributed by atoms with Gasteiger partial charge in [0.25, 0.3) is 0 Å². The number of halogens is 4. The number of H-pyrrole nitrogens is 1. The Morgan fingerprint density at radius 2 is 1.93 bits per heavy atom. The zero-order chi connectivity index (χ0) is 11.5. The lowest BCUT2D eigenvalue weighted by Gasteiger charge is -2.24. The Kier molecular flexibility index (Phi) is 3.36. The maximum Gasteiger partial charge on any atom is 0.464 e. The molecule has 0 spiro atoms. The van der Waals surface area contributed by atoms with Crippen molar-refractivity contribution in [2.45, 2.75) is 38.2 Å². The van der Waals surface area contributed by atoms with Gasteiger partial charge in [-0.25, -0.2) is 0 Å². The summed E-state index contributed by atoms with van der Waals surface area (Å²) in [5, 5.41) is 0. The summed E-state index contributed by atoms with van der Waals surface area (Å²) in [7, 11) is 0. The largest absolute Gasteiger partial charge is 0.464 e. The van der Waals surface area contributed by atoms with E-state index in [1.54, 1.807) is 6.92 Å². The quantitative estimate of drug-likeness (QED) is 0.600. The summed E-state index contributed by atoms with van der Waals surface area (Å²) in [6.45, 7) is 1.72. The van der Waals surface area contributed by atoms with Crippen LogP contribution in [0.4, 0.5) is 17.6 Å². The van der Waals surface area contributed by atoms with Crippen LogP contribution in [0.3, 0.4) is 0 Å². The maximum absolute atomic E-state index is 13.9. The van der Waals surface area contributed by atoms with Crippen LogP contribution < -0.4 is 4.57 Å². The van der Waals surface area contributed by atoms with Crippen LogP contribution in [-0.2, 0) is 5.79 Å². The van der Waals surface area contributed by atoms with Gasteiger partial charge < -0.3 is 0 Å². The molecule has 15 heavy (non-hydrogen) atoms. The Labute approximate surface area is 84.9 Å². The number of alkyl halides is 4. The van der Waals surface area contributed by atoms with Gasteiger partial charge in [0.2, 0.25) is 6.33 Å². The van der Waals surface area contributed by atoms with Gasteiger partial charge in [0.15, 0.2) is 0 Å². The molecule has 0 saturated carbocycles. The monoisotopic (exact) mass is 225 g/mol. The van der Waals surface area contributed by atoms with E-state index in [2.05, 4.69) is 4.98 Å². The van der Waals surface area contributed by atoms with Gasteiger partial charge in [0, 0.05) is 6.42 Å². The number of nitrogens with zero attached hydrogens (tertiary/aromatic N) is 1. The lowest BCUT2D eigenvalue weighted by Crippen LogP contribution is -2.60. The van der Waals surface area contributed by atoms with Crippen LogP contribution in [0.2, 0.25) is 0 Å². The van der Waals surface area contributed by atoms with Crippen molar-refractivity contribution in [2.24, 2.45) is 0 Å². The Morgan fingerprint density at radius 3 is 2.33 bits per heavy atom. The Balaban J connectivity index is 2.97. The average Bonchev–Trinajstić information content (AvgIpc) is 2.65. The third-order valence-corrected chi connectivity index (χ3v) is 2.25. The highest BCUT2D eigenvalue weighted by atomic mass is 19.4. The second-order valence-electron chi connectivity index (χ2n) is 3.38. The maximum atomic E-state index is 13.9. The zero-order valence-corrected chi connectivity index (χ0v) is 8.31. The van der Waals surface area contributed by atoms with E-state index < -0.39 is 18.4 Å². The fourth-order valence-corrected chi connectivity index (χ4v) is 1.34. The summed E-state index contributed by atoms with van der Waals surface area (Å²) >= 11 is 0. The van der Waals surface area contributed by atoms with Crippen LogP contribution in [0, 0.1) is 0 Å². The number of aromatic amines is 1. The Morgan fingerprint density at radius 1 is 1.27 bits per heavy atom. The Bertz CT molecular complexity index is 294. The van der Waals surface area contributed by atoms with Gasteiger partial charge in [-0.1, -0.05) is 13.3 Å². The molecule has 1 atom stereocenters. The van der Waals surface area contributed by atoms with E-state index in [9.17, 15) is 17.6 Å². The molecule has 1 aromatic heterocycles. The molecule has 0 aliphatic rings. The van der Waals surface area contributed by atoms with Crippen molar-refractivity contribution >= 4 is 0 Å². The molecule has 1 aromatic rings. The smallest absolute Gasteiger partial charge is 0.250 e. The van der Waals surface area contributed by atoms with Crippen molar-refractivity contribution in [3.05, 3.63) is 18.7 Å². The average molecular weight is 225 g/mol. The van der Waals surface area contributed by atoms with Gasteiger partial charge in [-0.15, -0.1) is 0 Å². The molecule has 2 nitrogen and oxygen atoms in total. The highest BCUT2D eigenvalue weighted by Gasteiger charge is 2.60. The van der Waals surface area contributed by atoms with E-state index in [1.165, 1.54) is 6.20 Å². The van der Waals surface area contributed by atoms with Gasteiger partial charge in [-0.05, 0) is 6.42 Å². The molecule has 6 heteroatoms. The summed E-state index contributed by atoms with van der Waals surface area (Å²) in [5.41, 5.74) is 0. The molecule has 0 aliphatic heterocycles. The van der Waals surface area contributed by atoms with Crippen molar-refractivity contribution in [1.29, 1.82) is 0 Å². The van der Waals surface area contributed by atoms with Crippen molar-refractivity contribution in [1.82, 2.24) is 4.98 Å². The zero-order valence-electron chi connectivity index (χ0n) is 8.31. The lowest BCUT2D eigenvalue weighted by atomic mass is 10.1. The molecular weight excluding hydrogens is 212 g/mol. The SMILES string of the molecule is CCCCC(F)([n+]1cc[nH]c1)C(F)(F)F. The van der Waals surface area contributed by atoms with Crippen molar-refractivity contribution in [3.8, 4) is 0 Å². The van der Waals surface area contributed by atoms with Crippen molar-refractivity contribution < 1.29 is 22.1 Å². The van der Waals surface area contributed by atoms with Gasteiger partial charge >= 0.3 is 12.0 Å². The number of imidazole rings is 1. The van der Waals surface area contributed by atoms with E-state index in [0.29, 0.717) is 11.0 Å². The fraction of sp³-hybridized carbons (Fsp3) is 0.667. The molecule has 0 radical (unpaired) electrons.